The van der Waals surface area contributed by atoms with Gasteiger partial charge in [0.15, 0.2) is 0 Å². The van der Waals surface area contributed by atoms with E-state index in [1.54, 1.807) is 7.05 Å². The van der Waals surface area contributed by atoms with Gasteiger partial charge >= 0.3 is 0 Å². The number of rotatable bonds is 5. The molecular weight excluding hydrogens is 216 g/mol. The Morgan fingerprint density at radius 3 is 1.76 bits per heavy atom. The molecule has 4 heteroatoms. The summed E-state index contributed by atoms with van der Waals surface area (Å²) in [6.45, 7) is 12.0. The van der Waals surface area contributed by atoms with Gasteiger partial charge in [-0.2, -0.15) is 0 Å². The van der Waals surface area contributed by atoms with E-state index >= 15 is 0 Å². The number of carbonyl (C=O) groups is 2. The number of hydrogen-bond acceptors (Lipinski definition) is 2. The first-order valence-electron chi connectivity index (χ1n) is 6.47. The van der Waals surface area contributed by atoms with Crippen LogP contribution in [0.3, 0.4) is 0 Å². The summed E-state index contributed by atoms with van der Waals surface area (Å²) in [6, 6.07) is 0. The van der Waals surface area contributed by atoms with Crippen LogP contribution in [-0.2, 0) is 9.59 Å². The Bertz CT molecular complexity index is 192. The molecule has 0 heterocycles. The predicted octanol–water partition coefficient (Wildman–Crippen LogP) is 2.32. The molecule has 0 aromatic carbocycles. The molecule has 0 rings (SSSR count). The van der Waals surface area contributed by atoms with Crippen LogP contribution in [0, 0.1) is 11.8 Å². The van der Waals surface area contributed by atoms with Crippen LogP contribution >= 0.6 is 0 Å². The van der Waals surface area contributed by atoms with Gasteiger partial charge in [-0.1, -0.05) is 41.5 Å². The highest BCUT2D eigenvalue weighted by molar-refractivity contribution is 5.84. The largest absolute Gasteiger partial charge is 0.370 e. The predicted molar refractivity (Wildman–Crippen MR) is 73.5 cm³/mol. The van der Waals surface area contributed by atoms with Gasteiger partial charge < -0.3 is 11.1 Å². The zero-order chi connectivity index (χ0) is 14.4. The molecule has 0 radical (unpaired) electrons. The summed E-state index contributed by atoms with van der Waals surface area (Å²) >= 11 is 0. The van der Waals surface area contributed by atoms with E-state index in [0.717, 1.165) is 0 Å². The highest BCUT2D eigenvalue weighted by Gasteiger charge is 2.20. The summed E-state index contributed by atoms with van der Waals surface area (Å²) in [5, 5.41) is 2.53. The summed E-state index contributed by atoms with van der Waals surface area (Å²) in [6.07, 6.45) is 0.834. The van der Waals surface area contributed by atoms with Crippen molar-refractivity contribution in [3.63, 3.8) is 0 Å². The molecule has 0 saturated heterocycles. The van der Waals surface area contributed by atoms with E-state index in [0.29, 0.717) is 12.3 Å². The lowest BCUT2D eigenvalue weighted by molar-refractivity contribution is -0.129. The second kappa shape index (κ2) is 14.9. The molecule has 0 saturated carbocycles. The highest BCUT2D eigenvalue weighted by Crippen LogP contribution is 2.15. The maximum absolute atomic E-state index is 11.3. The molecule has 3 N–H and O–H groups in total. The number of carbonyl (C=O) groups excluding carboxylic acids is 2. The van der Waals surface area contributed by atoms with Crippen molar-refractivity contribution in [2.45, 2.75) is 54.4 Å². The number of hydrogen-bond donors (Lipinski definition) is 2. The van der Waals surface area contributed by atoms with Crippen LogP contribution in [0.25, 0.3) is 0 Å². The Kier molecular flexibility index (Phi) is 18.7. The quantitative estimate of drug-likeness (QED) is 0.781. The van der Waals surface area contributed by atoms with Gasteiger partial charge in [-0.15, -0.1) is 0 Å². The van der Waals surface area contributed by atoms with Crippen molar-refractivity contribution < 1.29 is 9.59 Å². The van der Waals surface area contributed by atoms with Gasteiger partial charge in [0.2, 0.25) is 11.8 Å². The average molecular weight is 246 g/mol. The molecule has 4 nitrogen and oxygen atoms in total. The first-order valence-corrected chi connectivity index (χ1v) is 6.47. The van der Waals surface area contributed by atoms with Crippen LogP contribution in [0.4, 0.5) is 0 Å². The van der Waals surface area contributed by atoms with Crippen LogP contribution in [0.2, 0.25) is 0 Å². The normalized spacial score (nSPS) is 10.4. The Morgan fingerprint density at radius 2 is 1.53 bits per heavy atom. The van der Waals surface area contributed by atoms with E-state index in [2.05, 4.69) is 5.32 Å². The van der Waals surface area contributed by atoms with Crippen molar-refractivity contribution in [2.75, 3.05) is 7.05 Å². The molecule has 1 unspecified atom stereocenters. The highest BCUT2D eigenvalue weighted by atomic mass is 16.2. The summed E-state index contributed by atoms with van der Waals surface area (Å²) in [5.74, 6) is -0.411. The number of nitrogens with one attached hydrogen (secondary N) is 1. The van der Waals surface area contributed by atoms with Crippen LogP contribution in [0.5, 0.6) is 0 Å². The van der Waals surface area contributed by atoms with Gasteiger partial charge in [0, 0.05) is 19.4 Å². The topological polar surface area (TPSA) is 72.2 Å². The van der Waals surface area contributed by atoms with E-state index < -0.39 is 5.91 Å². The minimum atomic E-state index is -0.422. The Morgan fingerprint density at radius 1 is 1.12 bits per heavy atom. The maximum atomic E-state index is 11.3. The summed E-state index contributed by atoms with van der Waals surface area (Å²) in [5.41, 5.74) is 5.04. The zero-order valence-corrected chi connectivity index (χ0v) is 12.5. The number of amides is 2. The second-order valence-electron chi connectivity index (χ2n) is 3.61. The summed E-state index contributed by atoms with van der Waals surface area (Å²) in [7, 11) is 1.57. The van der Waals surface area contributed by atoms with E-state index in [1.165, 1.54) is 0 Å². The smallest absolute Gasteiger partial charge is 0.223 e. The third kappa shape index (κ3) is 14.9. The number of nitrogens with two attached hydrogens (primary N) is 1. The van der Waals surface area contributed by atoms with Crippen molar-refractivity contribution in [1.29, 1.82) is 0 Å². The first-order chi connectivity index (χ1) is 7.97. The fraction of sp³-hybridized carbons (Fsp3) is 0.846. The Hall–Kier alpha value is -1.06. The molecule has 0 bridgehead atoms. The standard InChI is InChI=1S/C9H18N2O2.2C2H6/c1-6(2)4-7(5-8(10)12)9(13)11-3;2*1-2/h6-7H,4-5H2,1-3H3,(H2,10,12)(H,11,13);2*1-2H3. The fourth-order valence-corrected chi connectivity index (χ4v) is 1.30. The van der Waals surface area contributed by atoms with Crippen LogP contribution < -0.4 is 11.1 Å². The minimum absolute atomic E-state index is 0.104. The molecule has 0 aliphatic rings. The van der Waals surface area contributed by atoms with E-state index in [9.17, 15) is 9.59 Å². The van der Waals surface area contributed by atoms with Crippen LogP contribution in [0.1, 0.15) is 54.4 Å². The van der Waals surface area contributed by atoms with Gasteiger partial charge in [-0.25, -0.2) is 0 Å². The third-order valence-electron chi connectivity index (χ3n) is 1.82. The molecule has 0 aromatic rings. The van der Waals surface area contributed by atoms with Crippen LogP contribution in [-0.4, -0.2) is 18.9 Å². The molecule has 0 fully saturated rings. The second-order valence-corrected chi connectivity index (χ2v) is 3.61. The Labute approximate surface area is 106 Å². The monoisotopic (exact) mass is 246 g/mol. The molecule has 0 aromatic heterocycles. The molecular formula is C13H30N2O2. The average Bonchev–Trinajstić information content (AvgIpc) is 2.31. The molecule has 0 aliphatic heterocycles. The van der Waals surface area contributed by atoms with Crippen molar-refractivity contribution in [3.05, 3.63) is 0 Å². The fourth-order valence-electron chi connectivity index (χ4n) is 1.30. The minimum Gasteiger partial charge on any atom is -0.370 e. The SMILES string of the molecule is CC.CC.CNC(=O)C(CC(N)=O)CC(C)C. The van der Waals surface area contributed by atoms with Gasteiger partial charge in [-0.3, -0.25) is 9.59 Å². The lowest BCUT2D eigenvalue weighted by Crippen LogP contribution is -2.31. The Balaban J connectivity index is -0.000000439. The molecule has 104 valence electrons. The van der Waals surface area contributed by atoms with Gasteiger partial charge in [-0.05, 0) is 12.3 Å². The van der Waals surface area contributed by atoms with Gasteiger partial charge in [0.05, 0.1) is 0 Å². The van der Waals surface area contributed by atoms with Gasteiger partial charge in [0.25, 0.3) is 0 Å². The molecule has 0 spiro atoms. The molecule has 2 amide bonds. The van der Waals surface area contributed by atoms with Gasteiger partial charge in [0.1, 0.15) is 0 Å². The van der Waals surface area contributed by atoms with E-state index in [4.69, 9.17) is 5.73 Å². The van der Waals surface area contributed by atoms with Crippen molar-refractivity contribution >= 4 is 11.8 Å². The number of primary amides is 1. The molecule has 0 aliphatic carbocycles. The van der Waals surface area contributed by atoms with Crippen molar-refractivity contribution in [2.24, 2.45) is 17.6 Å². The molecule has 1 atom stereocenters. The maximum Gasteiger partial charge on any atom is 0.223 e. The summed E-state index contributed by atoms with van der Waals surface area (Å²) < 4.78 is 0. The van der Waals surface area contributed by atoms with Crippen LogP contribution in [0.15, 0.2) is 0 Å². The lowest BCUT2D eigenvalue weighted by Gasteiger charge is -2.15. The van der Waals surface area contributed by atoms with E-state index in [1.807, 2.05) is 41.5 Å². The molecule has 17 heavy (non-hydrogen) atoms. The van der Waals surface area contributed by atoms with E-state index in [-0.39, 0.29) is 18.2 Å². The zero-order valence-electron chi connectivity index (χ0n) is 12.5. The first kappa shape index (κ1) is 21.2. The van der Waals surface area contributed by atoms with Crippen molar-refractivity contribution in [1.82, 2.24) is 5.32 Å². The summed E-state index contributed by atoms with van der Waals surface area (Å²) in [4.78, 5) is 21.9. The lowest BCUT2D eigenvalue weighted by atomic mass is 9.93. The third-order valence-corrected chi connectivity index (χ3v) is 1.82. The van der Waals surface area contributed by atoms with Crippen molar-refractivity contribution in [3.8, 4) is 0 Å².